The van der Waals surface area contributed by atoms with Crippen LogP contribution >= 0.6 is 35.0 Å². The van der Waals surface area contributed by atoms with Crippen molar-refractivity contribution < 1.29 is 13.2 Å². The molecule has 0 radical (unpaired) electrons. The minimum atomic E-state index is -4.01. The predicted molar refractivity (Wildman–Crippen MR) is 112 cm³/mol. The predicted octanol–water partition coefficient (Wildman–Crippen LogP) is 3.71. The van der Waals surface area contributed by atoms with Crippen molar-refractivity contribution in [3.8, 4) is 0 Å². The molecule has 0 bridgehead atoms. The summed E-state index contributed by atoms with van der Waals surface area (Å²) < 4.78 is 27.9. The minimum absolute atomic E-state index is 0.0419. The van der Waals surface area contributed by atoms with Crippen LogP contribution in [0.3, 0.4) is 0 Å². The van der Waals surface area contributed by atoms with Crippen LogP contribution in [0, 0.1) is 0 Å². The van der Waals surface area contributed by atoms with Crippen molar-refractivity contribution >= 4 is 50.9 Å². The Balaban J connectivity index is 2.14. The van der Waals surface area contributed by atoms with Gasteiger partial charge in [0.1, 0.15) is 10.9 Å². The van der Waals surface area contributed by atoms with Gasteiger partial charge >= 0.3 is 0 Å². The highest BCUT2D eigenvalue weighted by molar-refractivity contribution is 7.98. The van der Waals surface area contributed by atoms with Crippen LogP contribution in [0.2, 0.25) is 10.0 Å². The Bertz CT molecular complexity index is 877. The fourth-order valence-electron chi connectivity index (χ4n) is 2.32. The smallest absolute Gasteiger partial charge is 0.242 e. The molecule has 1 amide bonds. The topological polar surface area (TPSA) is 75.3 Å². The van der Waals surface area contributed by atoms with Crippen molar-refractivity contribution in [2.24, 2.45) is 0 Å². The van der Waals surface area contributed by atoms with Gasteiger partial charge in [0, 0.05) is 11.6 Å². The largest absolute Gasteiger partial charge is 0.351 e. The highest BCUT2D eigenvalue weighted by atomic mass is 35.5. The van der Waals surface area contributed by atoms with Crippen molar-refractivity contribution in [2.45, 2.75) is 23.9 Å². The zero-order valence-electron chi connectivity index (χ0n) is 14.6. The quantitative estimate of drug-likeness (QED) is 0.615. The van der Waals surface area contributed by atoms with Crippen LogP contribution in [0.4, 0.5) is 0 Å². The normalized spacial score (nSPS) is 12.6. The molecule has 2 aromatic carbocycles. The molecule has 0 aliphatic heterocycles. The lowest BCUT2D eigenvalue weighted by Gasteiger charge is -2.19. The number of sulfonamides is 1. The Morgan fingerprint density at radius 3 is 2.52 bits per heavy atom. The first-order chi connectivity index (χ1) is 12.8. The number of carbonyl (C=O) groups excluding carboxylic acids is 1. The van der Waals surface area contributed by atoms with Crippen molar-refractivity contribution in [2.75, 3.05) is 12.0 Å². The van der Waals surface area contributed by atoms with Crippen LogP contribution in [0.25, 0.3) is 0 Å². The van der Waals surface area contributed by atoms with E-state index in [0.29, 0.717) is 18.7 Å². The van der Waals surface area contributed by atoms with E-state index in [0.717, 1.165) is 5.56 Å². The lowest BCUT2D eigenvalue weighted by Crippen LogP contribution is -2.46. The molecule has 0 saturated carbocycles. The number of rotatable bonds is 9. The number of nitrogens with one attached hydrogen (secondary N) is 2. The van der Waals surface area contributed by atoms with E-state index in [9.17, 15) is 13.2 Å². The second-order valence-electron chi connectivity index (χ2n) is 5.73. The maximum Gasteiger partial charge on any atom is 0.242 e. The SMILES string of the molecule is CSCCC(NS(=O)(=O)c1cc(Cl)ccc1Cl)C(=O)NCc1ccccc1. The van der Waals surface area contributed by atoms with E-state index in [1.165, 1.54) is 30.0 Å². The first kappa shape index (κ1) is 22.0. The van der Waals surface area contributed by atoms with Gasteiger partial charge in [0.2, 0.25) is 15.9 Å². The fourth-order valence-corrected chi connectivity index (χ4v) is 4.79. The lowest BCUT2D eigenvalue weighted by molar-refractivity contribution is -0.122. The number of carbonyl (C=O) groups is 1. The number of hydrogen-bond acceptors (Lipinski definition) is 4. The third-order valence-corrected chi connectivity index (χ3v) is 6.55. The van der Waals surface area contributed by atoms with Gasteiger partial charge in [-0.05, 0) is 42.2 Å². The summed E-state index contributed by atoms with van der Waals surface area (Å²) in [6.45, 7) is 0.315. The van der Waals surface area contributed by atoms with E-state index >= 15 is 0 Å². The van der Waals surface area contributed by atoms with Crippen LogP contribution in [0.5, 0.6) is 0 Å². The molecule has 9 heteroatoms. The fraction of sp³-hybridized carbons (Fsp3) is 0.278. The summed E-state index contributed by atoms with van der Waals surface area (Å²) in [6, 6.07) is 12.6. The second kappa shape index (κ2) is 10.3. The molecular formula is C18H20Cl2N2O3S2. The van der Waals surface area contributed by atoms with Crippen molar-refractivity contribution in [1.82, 2.24) is 10.0 Å². The van der Waals surface area contributed by atoms with Gasteiger partial charge in [0.15, 0.2) is 0 Å². The van der Waals surface area contributed by atoms with Gasteiger partial charge in [-0.25, -0.2) is 8.42 Å². The third kappa shape index (κ3) is 6.69. The molecule has 0 aliphatic carbocycles. The van der Waals surface area contributed by atoms with Gasteiger partial charge in [-0.3, -0.25) is 4.79 Å². The molecule has 2 aromatic rings. The number of thioether (sulfide) groups is 1. The Morgan fingerprint density at radius 1 is 1.15 bits per heavy atom. The summed E-state index contributed by atoms with van der Waals surface area (Å²) in [7, 11) is -4.01. The van der Waals surface area contributed by atoms with E-state index in [-0.39, 0.29) is 14.9 Å². The number of halogens is 2. The molecule has 0 saturated heterocycles. The van der Waals surface area contributed by atoms with Gasteiger partial charge in [-0.15, -0.1) is 0 Å². The summed E-state index contributed by atoms with van der Waals surface area (Å²) in [5, 5.41) is 3.06. The Kier molecular flexibility index (Phi) is 8.44. The molecule has 0 aromatic heterocycles. The molecular weight excluding hydrogens is 427 g/mol. The van der Waals surface area contributed by atoms with E-state index in [2.05, 4.69) is 10.0 Å². The molecule has 2 N–H and O–H groups in total. The van der Waals surface area contributed by atoms with E-state index in [1.807, 2.05) is 36.6 Å². The highest BCUT2D eigenvalue weighted by Crippen LogP contribution is 2.25. The molecule has 0 spiro atoms. The van der Waals surface area contributed by atoms with Crippen LogP contribution in [-0.4, -0.2) is 32.4 Å². The summed E-state index contributed by atoms with van der Waals surface area (Å²) in [5.74, 6) is 0.226. The molecule has 2 rings (SSSR count). The summed E-state index contributed by atoms with van der Waals surface area (Å²) >= 11 is 13.4. The Labute approximate surface area is 173 Å². The molecule has 0 fully saturated rings. The molecule has 27 heavy (non-hydrogen) atoms. The zero-order chi connectivity index (χ0) is 19.9. The number of benzene rings is 2. The minimum Gasteiger partial charge on any atom is -0.351 e. The van der Waals surface area contributed by atoms with E-state index in [4.69, 9.17) is 23.2 Å². The number of hydrogen-bond donors (Lipinski definition) is 2. The van der Waals surface area contributed by atoms with E-state index in [1.54, 1.807) is 0 Å². The number of amides is 1. The average molecular weight is 447 g/mol. The zero-order valence-corrected chi connectivity index (χ0v) is 17.8. The molecule has 146 valence electrons. The van der Waals surface area contributed by atoms with Crippen LogP contribution in [-0.2, 0) is 21.4 Å². The van der Waals surface area contributed by atoms with Crippen LogP contribution in [0.15, 0.2) is 53.4 Å². The average Bonchev–Trinajstić information content (AvgIpc) is 2.65. The maximum atomic E-state index is 12.7. The highest BCUT2D eigenvalue weighted by Gasteiger charge is 2.27. The lowest BCUT2D eigenvalue weighted by atomic mass is 10.2. The molecule has 1 unspecified atom stereocenters. The van der Waals surface area contributed by atoms with Crippen LogP contribution in [0.1, 0.15) is 12.0 Å². The molecule has 1 atom stereocenters. The first-order valence-corrected chi connectivity index (χ1v) is 11.7. The second-order valence-corrected chi connectivity index (χ2v) is 9.25. The van der Waals surface area contributed by atoms with Gasteiger partial charge < -0.3 is 5.32 Å². The summed E-state index contributed by atoms with van der Waals surface area (Å²) in [5.41, 5.74) is 0.926. The van der Waals surface area contributed by atoms with Gasteiger partial charge in [0.05, 0.1) is 5.02 Å². The summed E-state index contributed by atoms with van der Waals surface area (Å²) in [6.07, 6.45) is 2.24. The Morgan fingerprint density at radius 2 is 1.85 bits per heavy atom. The molecule has 0 aliphatic rings. The van der Waals surface area contributed by atoms with Gasteiger partial charge in [-0.1, -0.05) is 53.5 Å². The van der Waals surface area contributed by atoms with Crippen molar-refractivity contribution in [1.29, 1.82) is 0 Å². The third-order valence-electron chi connectivity index (χ3n) is 3.72. The molecule has 0 heterocycles. The van der Waals surface area contributed by atoms with Crippen LogP contribution < -0.4 is 10.0 Å². The van der Waals surface area contributed by atoms with Gasteiger partial charge in [-0.2, -0.15) is 16.5 Å². The van der Waals surface area contributed by atoms with E-state index < -0.39 is 22.0 Å². The first-order valence-electron chi connectivity index (χ1n) is 8.11. The maximum absolute atomic E-state index is 12.7. The summed E-state index contributed by atoms with van der Waals surface area (Å²) in [4.78, 5) is 12.4. The monoisotopic (exact) mass is 446 g/mol. The van der Waals surface area contributed by atoms with Gasteiger partial charge in [0.25, 0.3) is 0 Å². The van der Waals surface area contributed by atoms with Crippen molar-refractivity contribution in [3.63, 3.8) is 0 Å². The Hall–Kier alpha value is -1.25. The standard InChI is InChI=1S/C18H20Cl2N2O3S2/c1-26-10-9-16(18(23)21-12-13-5-3-2-4-6-13)22-27(24,25)17-11-14(19)7-8-15(17)20/h2-8,11,16,22H,9-10,12H2,1H3,(H,21,23). The van der Waals surface area contributed by atoms with Crippen molar-refractivity contribution in [3.05, 3.63) is 64.1 Å². The molecule has 5 nitrogen and oxygen atoms in total.